The van der Waals surface area contributed by atoms with E-state index in [0.29, 0.717) is 6.54 Å². The van der Waals surface area contributed by atoms with Gasteiger partial charge in [0.05, 0.1) is 21.7 Å². The minimum atomic E-state index is -0.515. The summed E-state index contributed by atoms with van der Waals surface area (Å²) in [4.78, 5) is 27.6. The second kappa shape index (κ2) is 9.91. The SMILES string of the molecule is CC(C(=O)Nc1cc([N+](=O)[O-])ccc1Cl)N(C)Cc1ccccc1N1CCCCC1. The third-order valence-corrected chi connectivity index (χ3v) is 5.90. The lowest BCUT2D eigenvalue weighted by Gasteiger charge is -2.32. The van der Waals surface area contributed by atoms with Crippen LogP contribution in [0.25, 0.3) is 0 Å². The molecule has 1 amide bonds. The van der Waals surface area contributed by atoms with Crippen LogP contribution in [0.5, 0.6) is 0 Å². The Morgan fingerprint density at radius 3 is 2.63 bits per heavy atom. The van der Waals surface area contributed by atoms with Gasteiger partial charge in [-0.05, 0) is 50.9 Å². The van der Waals surface area contributed by atoms with Crippen molar-refractivity contribution in [3.05, 3.63) is 63.2 Å². The zero-order chi connectivity index (χ0) is 21.7. The maximum Gasteiger partial charge on any atom is 0.271 e. The average Bonchev–Trinajstić information content (AvgIpc) is 2.75. The van der Waals surface area contributed by atoms with E-state index in [4.69, 9.17) is 11.6 Å². The summed E-state index contributed by atoms with van der Waals surface area (Å²) in [6.07, 6.45) is 3.68. The van der Waals surface area contributed by atoms with Crippen molar-refractivity contribution < 1.29 is 9.72 Å². The topological polar surface area (TPSA) is 78.7 Å². The number of amides is 1. The number of nitrogens with one attached hydrogen (secondary N) is 1. The Kier molecular flexibility index (Phi) is 7.29. The quantitative estimate of drug-likeness (QED) is 0.509. The molecular weight excluding hydrogens is 404 g/mol. The Hall–Kier alpha value is -2.64. The van der Waals surface area contributed by atoms with Crippen LogP contribution in [0.15, 0.2) is 42.5 Å². The second-order valence-electron chi connectivity index (χ2n) is 7.68. The number of carbonyl (C=O) groups excluding carboxylic acids is 1. The molecule has 8 heteroatoms. The number of nitro benzene ring substituents is 1. The zero-order valence-electron chi connectivity index (χ0n) is 17.3. The minimum absolute atomic E-state index is 0.119. The van der Waals surface area contributed by atoms with Crippen molar-refractivity contribution in [3.63, 3.8) is 0 Å². The molecule has 7 nitrogen and oxygen atoms in total. The highest BCUT2D eigenvalue weighted by Crippen LogP contribution is 2.28. The van der Waals surface area contributed by atoms with Crippen LogP contribution in [0.2, 0.25) is 5.02 Å². The lowest BCUT2D eigenvalue weighted by atomic mass is 10.1. The fourth-order valence-electron chi connectivity index (χ4n) is 3.65. The number of likely N-dealkylation sites (N-methyl/N-ethyl adjacent to an activating group) is 1. The molecule has 0 radical (unpaired) electrons. The molecule has 1 heterocycles. The first kappa shape index (κ1) is 22.1. The Balaban J connectivity index is 1.69. The fourth-order valence-corrected chi connectivity index (χ4v) is 3.82. The van der Waals surface area contributed by atoms with Crippen molar-refractivity contribution in [1.82, 2.24) is 4.90 Å². The van der Waals surface area contributed by atoms with Gasteiger partial charge in [-0.2, -0.15) is 0 Å². The lowest BCUT2D eigenvalue weighted by Crippen LogP contribution is -2.39. The maximum absolute atomic E-state index is 12.8. The van der Waals surface area contributed by atoms with Crippen LogP contribution in [0.4, 0.5) is 17.1 Å². The Bertz CT molecular complexity index is 915. The summed E-state index contributed by atoms with van der Waals surface area (Å²) in [6, 6.07) is 11.9. The number of rotatable bonds is 7. The molecule has 160 valence electrons. The standard InChI is InChI=1S/C22H27ClN4O3/c1-16(22(28)24-20-14-18(27(29)30)10-11-19(20)23)25(2)15-17-8-4-5-9-21(17)26-12-6-3-7-13-26/h4-5,8-11,14,16H,3,6-7,12-13,15H2,1-2H3,(H,24,28). The smallest absolute Gasteiger partial charge is 0.271 e. The highest BCUT2D eigenvalue weighted by molar-refractivity contribution is 6.33. The largest absolute Gasteiger partial charge is 0.371 e. The molecule has 30 heavy (non-hydrogen) atoms. The summed E-state index contributed by atoms with van der Waals surface area (Å²) >= 11 is 6.11. The molecular formula is C22H27ClN4O3. The first-order valence-corrected chi connectivity index (χ1v) is 10.5. The molecule has 1 aliphatic heterocycles. The number of benzene rings is 2. The molecule has 0 saturated carbocycles. The number of piperidine rings is 1. The van der Waals surface area contributed by atoms with Gasteiger partial charge in [0.15, 0.2) is 0 Å². The van der Waals surface area contributed by atoms with Crippen LogP contribution < -0.4 is 10.2 Å². The van der Waals surface area contributed by atoms with Crippen molar-refractivity contribution in [2.75, 3.05) is 30.4 Å². The number of hydrogen-bond acceptors (Lipinski definition) is 5. The molecule has 2 aromatic carbocycles. The maximum atomic E-state index is 12.8. The van der Waals surface area contributed by atoms with Crippen LogP contribution in [-0.4, -0.2) is 41.9 Å². The summed E-state index contributed by atoms with van der Waals surface area (Å²) in [5.41, 5.74) is 2.52. The molecule has 0 aromatic heterocycles. The highest BCUT2D eigenvalue weighted by Gasteiger charge is 2.22. The Morgan fingerprint density at radius 2 is 1.93 bits per heavy atom. The number of nitro groups is 1. The number of non-ortho nitro benzene ring substituents is 1. The Morgan fingerprint density at radius 1 is 1.23 bits per heavy atom. The predicted octanol–water partition coefficient (Wildman–Crippen LogP) is 4.70. The van der Waals surface area contributed by atoms with Crippen LogP contribution >= 0.6 is 11.6 Å². The van der Waals surface area contributed by atoms with E-state index in [1.165, 1.54) is 48.7 Å². The van der Waals surface area contributed by atoms with E-state index < -0.39 is 11.0 Å². The molecule has 0 aliphatic carbocycles. The van der Waals surface area contributed by atoms with Gasteiger partial charge in [0, 0.05) is 37.5 Å². The van der Waals surface area contributed by atoms with Gasteiger partial charge < -0.3 is 10.2 Å². The predicted molar refractivity (Wildman–Crippen MR) is 120 cm³/mol. The van der Waals surface area contributed by atoms with Crippen molar-refractivity contribution in [2.45, 2.75) is 38.8 Å². The highest BCUT2D eigenvalue weighted by atomic mass is 35.5. The summed E-state index contributed by atoms with van der Waals surface area (Å²) in [5.74, 6) is -0.268. The molecule has 0 bridgehead atoms. The van der Waals surface area contributed by atoms with Gasteiger partial charge in [-0.25, -0.2) is 0 Å². The molecule has 0 spiro atoms. The van der Waals surface area contributed by atoms with E-state index in [2.05, 4.69) is 22.3 Å². The van der Waals surface area contributed by atoms with Gasteiger partial charge in [-0.15, -0.1) is 0 Å². The van der Waals surface area contributed by atoms with Crippen molar-refractivity contribution >= 4 is 34.6 Å². The lowest BCUT2D eigenvalue weighted by molar-refractivity contribution is -0.384. The van der Waals surface area contributed by atoms with Crippen LogP contribution in [0.3, 0.4) is 0 Å². The van der Waals surface area contributed by atoms with E-state index in [0.717, 1.165) is 13.1 Å². The van der Waals surface area contributed by atoms with Gasteiger partial charge in [-0.1, -0.05) is 29.8 Å². The summed E-state index contributed by atoms with van der Waals surface area (Å²) in [6.45, 7) is 4.54. The van der Waals surface area contributed by atoms with E-state index in [9.17, 15) is 14.9 Å². The van der Waals surface area contributed by atoms with Crippen LogP contribution in [0, 0.1) is 10.1 Å². The Labute approximate surface area is 181 Å². The monoisotopic (exact) mass is 430 g/mol. The molecule has 1 aliphatic rings. The molecule has 1 unspecified atom stereocenters. The average molecular weight is 431 g/mol. The fraction of sp³-hybridized carbons (Fsp3) is 0.409. The molecule has 1 atom stereocenters. The van der Waals surface area contributed by atoms with E-state index in [1.54, 1.807) is 0 Å². The van der Waals surface area contributed by atoms with Gasteiger partial charge >= 0.3 is 0 Å². The van der Waals surface area contributed by atoms with Gasteiger partial charge in [-0.3, -0.25) is 19.8 Å². The zero-order valence-corrected chi connectivity index (χ0v) is 18.1. The third kappa shape index (κ3) is 5.29. The summed E-state index contributed by atoms with van der Waals surface area (Å²) < 4.78 is 0. The number of nitrogens with zero attached hydrogens (tertiary/aromatic N) is 3. The van der Waals surface area contributed by atoms with Crippen LogP contribution in [0.1, 0.15) is 31.7 Å². The van der Waals surface area contributed by atoms with Crippen molar-refractivity contribution in [1.29, 1.82) is 0 Å². The molecule has 3 rings (SSSR count). The summed E-state index contributed by atoms with van der Waals surface area (Å²) in [5, 5.41) is 14.0. The van der Waals surface area contributed by atoms with Gasteiger partial charge in [0.25, 0.3) is 5.69 Å². The number of halogens is 1. The number of carbonyl (C=O) groups is 1. The first-order chi connectivity index (χ1) is 14.4. The van der Waals surface area contributed by atoms with Crippen molar-refractivity contribution in [2.24, 2.45) is 0 Å². The van der Waals surface area contributed by atoms with Gasteiger partial charge in [0.1, 0.15) is 0 Å². The minimum Gasteiger partial charge on any atom is -0.371 e. The van der Waals surface area contributed by atoms with Gasteiger partial charge in [0.2, 0.25) is 5.91 Å². The number of hydrogen-bond donors (Lipinski definition) is 1. The summed E-state index contributed by atoms with van der Waals surface area (Å²) in [7, 11) is 1.90. The number of para-hydroxylation sites is 1. The van der Waals surface area contributed by atoms with Crippen LogP contribution in [-0.2, 0) is 11.3 Å². The second-order valence-corrected chi connectivity index (χ2v) is 8.09. The molecule has 1 saturated heterocycles. The van der Waals surface area contributed by atoms with E-state index >= 15 is 0 Å². The van der Waals surface area contributed by atoms with Crippen molar-refractivity contribution in [3.8, 4) is 0 Å². The normalized spacial score (nSPS) is 15.1. The van der Waals surface area contributed by atoms with E-state index in [1.807, 2.05) is 31.0 Å². The number of anilines is 2. The molecule has 1 fully saturated rings. The van der Waals surface area contributed by atoms with E-state index in [-0.39, 0.29) is 22.3 Å². The third-order valence-electron chi connectivity index (χ3n) is 5.57. The molecule has 2 aromatic rings. The first-order valence-electron chi connectivity index (χ1n) is 10.1. The molecule has 1 N–H and O–H groups in total.